The molecule has 126 heavy (non-hydrogen) atoms. The van der Waals surface area contributed by atoms with Crippen molar-refractivity contribution in [3.05, 3.63) is 0 Å². The zero-order chi connectivity index (χ0) is 92.5. The second kappa shape index (κ2) is 71.8. The smallest absolute Gasteiger partial charge is 0.246 e. The van der Waals surface area contributed by atoms with E-state index in [4.69, 9.17) is 71.1 Å². The molecular weight excluding hydrogens is 1660 g/mol. The Morgan fingerprint density at radius 3 is 0.960 bits per heavy atom. The number of ether oxygens (including phenoxy) is 15. The van der Waals surface area contributed by atoms with E-state index in [0.717, 1.165) is 25.7 Å². The molecule has 42 heteroatoms. The minimum atomic E-state index is -1.48. The van der Waals surface area contributed by atoms with E-state index in [2.05, 4.69) is 49.5 Å². The largest absolute Gasteiger partial charge is 0.394 e. The molecule has 3 saturated heterocycles. The molecule has 0 spiro atoms. The molecule has 42 nitrogen and oxygen atoms in total. The zero-order valence-electron chi connectivity index (χ0n) is 74.7. The van der Waals surface area contributed by atoms with Gasteiger partial charge in [-0.2, -0.15) is 0 Å². The first-order valence-electron chi connectivity index (χ1n) is 44.9. The van der Waals surface area contributed by atoms with Gasteiger partial charge in [0, 0.05) is 59.2 Å². The lowest BCUT2D eigenvalue weighted by molar-refractivity contribution is -0.272. The maximum atomic E-state index is 14.6. The first-order chi connectivity index (χ1) is 60.8. The topological polar surface area (TPSA) is 587 Å². The maximum Gasteiger partial charge on any atom is 0.246 e. The SMILES string of the molecule is CCCCCCCCCCCCCCCC(=O)NCCCCC(NC(=O)C(CCCCNC(=O)COCCOCCOCCO[C@@H]1O[C@H](CO)[C@H](O)[C@H](O)[C@H]1NC(C)=O)CC(=O)C(CCCCNC(=O)COCCOCCOCCO[C@@H]1O[C@H](CO)[C@H](O)[C@H](O)[C@H]1NC(C)=O)NC(=O)COCCOCCOCCO[C@@H]1O[C@H](CO)[C@H](O)[C@H](O)[C@H]1NC(C)=O)C(C)=O. The fourth-order valence-corrected chi connectivity index (χ4v) is 13.9. The normalized spacial score (nSPS) is 23.1. The van der Waals surface area contributed by atoms with Crippen molar-refractivity contribution in [3.63, 3.8) is 0 Å². The third-order valence-corrected chi connectivity index (χ3v) is 20.9. The van der Waals surface area contributed by atoms with Gasteiger partial charge in [0.2, 0.25) is 47.3 Å². The Morgan fingerprint density at radius 2 is 0.627 bits per heavy atom. The highest BCUT2D eigenvalue weighted by molar-refractivity contribution is 5.94. The van der Waals surface area contributed by atoms with Crippen LogP contribution in [-0.4, -0.2) is 387 Å². The molecule has 0 radical (unpaired) electrons. The van der Waals surface area contributed by atoms with Crippen LogP contribution in [0.5, 0.6) is 0 Å². The number of aliphatic hydroxyl groups is 9. The summed E-state index contributed by atoms with van der Waals surface area (Å²) in [6.07, 6.45) is 2.68. The van der Waals surface area contributed by atoms with Crippen molar-refractivity contribution < 1.29 is 165 Å². The van der Waals surface area contributed by atoms with Gasteiger partial charge in [0.1, 0.15) is 92.9 Å². The minimum absolute atomic E-state index is 0.0254. The van der Waals surface area contributed by atoms with Gasteiger partial charge in [-0.15, -0.1) is 0 Å². The molecule has 0 saturated carbocycles. The van der Waals surface area contributed by atoms with Crippen molar-refractivity contribution in [2.45, 2.75) is 293 Å². The van der Waals surface area contributed by atoms with Crippen LogP contribution >= 0.6 is 0 Å². The summed E-state index contributed by atoms with van der Waals surface area (Å²) in [5.41, 5.74) is 0. The minimum Gasteiger partial charge on any atom is -0.394 e. The Hall–Kier alpha value is -5.86. The summed E-state index contributed by atoms with van der Waals surface area (Å²) < 4.78 is 83.4. The van der Waals surface area contributed by atoms with Crippen LogP contribution in [-0.2, 0) is 119 Å². The Labute approximate surface area is 740 Å². The number of unbranched alkanes of at least 4 members (excludes halogenated alkanes) is 15. The van der Waals surface area contributed by atoms with Crippen LogP contribution in [0.1, 0.15) is 189 Å². The average molecular weight is 1820 g/mol. The van der Waals surface area contributed by atoms with E-state index in [0.29, 0.717) is 51.5 Å². The maximum absolute atomic E-state index is 14.6. The van der Waals surface area contributed by atoms with E-state index in [1.165, 1.54) is 85.5 Å². The molecule has 0 bridgehead atoms. The molecule has 3 rings (SSSR count). The fourth-order valence-electron chi connectivity index (χ4n) is 13.9. The van der Waals surface area contributed by atoms with Gasteiger partial charge in [0.05, 0.1) is 151 Å². The second-order valence-corrected chi connectivity index (χ2v) is 31.4. The molecule has 0 aromatic rings. The van der Waals surface area contributed by atoms with Crippen LogP contribution in [0.2, 0.25) is 0 Å². The van der Waals surface area contributed by atoms with Crippen molar-refractivity contribution in [2.75, 3.05) is 178 Å². The molecule has 3 aliphatic rings. The van der Waals surface area contributed by atoms with Crippen molar-refractivity contribution in [1.82, 2.24) is 42.5 Å². The summed E-state index contributed by atoms with van der Waals surface area (Å²) in [5.74, 6) is -5.46. The van der Waals surface area contributed by atoms with E-state index in [1.807, 2.05) is 0 Å². The standard InChI is InChI=1S/C84H152N8O34/c1-6-7-8-9-10-11-12-13-14-15-16-17-18-28-68(101)85-29-23-20-26-62(57(2)96)92-81(111)61(25-19-22-30-86-69(102)54-118-41-38-112-32-35-115-44-47-121-82-72(88-58(3)97)78(108)75(105)65(51-93)124-82)50-64(100)63(91-71(104)56-120-43-40-114-34-37-117-46-49-123-84-74(90-60(5)99)80(110)77(107)67(53-95)126-84)27-21-24-31-87-70(103)55-119-42-39-113-33-36-116-45-48-122-83-73(89-59(4)98)79(109)76(106)66(52-94)125-83/h61-63,65-67,72-80,82-84,93-95,105-110H,6-56H2,1-5H3,(H,85,101)(H,86,102)(H,87,103)(H,88,97)(H,89,98)(H,90,99)(H,91,104)(H,92,111)/t61?,62?,63?,65-,66-,67-,72-,73-,74-,75+,76+,77+,78-,79-,80-,82-,83-,84-/m1/s1. The van der Waals surface area contributed by atoms with Gasteiger partial charge in [0.25, 0.3) is 0 Å². The van der Waals surface area contributed by atoms with Crippen LogP contribution in [0, 0.1) is 5.92 Å². The molecule has 3 unspecified atom stereocenters. The Morgan fingerprint density at radius 1 is 0.325 bits per heavy atom. The van der Waals surface area contributed by atoms with Gasteiger partial charge in [-0.3, -0.25) is 47.9 Å². The van der Waals surface area contributed by atoms with Crippen LogP contribution in [0.3, 0.4) is 0 Å². The lowest BCUT2D eigenvalue weighted by atomic mass is 9.90. The summed E-state index contributed by atoms with van der Waals surface area (Å²) in [5, 5.41) is 113. The van der Waals surface area contributed by atoms with Gasteiger partial charge in [-0.1, -0.05) is 90.4 Å². The lowest BCUT2D eigenvalue weighted by Gasteiger charge is -2.42. The number of hydrogen-bond acceptors (Lipinski definition) is 34. The summed E-state index contributed by atoms with van der Waals surface area (Å²) in [7, 11) is 0. The molecule has 3 heterocycles. The van der Waals surface area contributed by atoms with Gasteiger partial charge < -0.3 is 160 Å². The molecule has 3 aliphatic heterocycles. The quantitative estimate of drug-likeness (QED) is 0.0280. The Balaban J connectivity index is 1.58. The van der Waals surface area contributed by atoms with Crippen LogP contribution in [0.4, 0.5) is 0 Å². The molecule has 17 N–H and O–H groups in total. The number of carbonyl (C=O) groups is 10. The Kier molecular flexibility index (Phi) is 65.2. The van der Waals surface area contributed by atoms with Crippen molar-refractivity contribution in [3.8, 4) is 0 Å². The first-order valence-corrected chi connectivity index (χ1v) is 44.9. The van der Waals surface area contributed by atoms with Crippen LogP contribution in [0.25, 0.3) is 0 Å². The molecule has 0 aromatic carbocycles. The van der Waals surface area contributed by atoms with E-state index in [-0.39, 0.29) is 183 Å². The zero-order valence-corrected chi connectivity index (χ0v) is 74.7. The third-order valence-electron chi connectivity index (χ3n) is 20.9. The first kappa shape index (κ1) is 114. The summed E-state index contributed by atoms with van der Waals surface area (Å²) in [6, 6.07) is -5.39. The van der Waals surface area contributed by atoms with E-state index >= 15 is 0 Å². The number of ketones is 2. The number of rotatable bonds is 78. The highest BCUT2D eigenvalue weighted by Crippen LogP contribution is 2.26. The molecule has 732 valence electrons. The second-order valence-electron chi connectivity index (χ2n) is 31.4. The van der Waals surface area contributed by atoms with Crippen molar-refractivity contribution >= 4 is 58.8 Å². The third kappa shape index (κ3) is 51.7. The average Bonchev–Trinajstić information content (AvgIpc) is 0.817. The fraction of sp³-hybridized carbons (Fsp3) is 0.881. The Bertz CT molecular complexity index is 2950. The molecule has 3 fully saturated rings. The number of aliphatic hydroxyl groups excluding tert-OH is 9. The van der Waals surface area contributed by atoms with Gasteiger partial charge >= 0.3 is 0 Å². The monoisotopic (exact) mass is 1820 g/mol. The van der Waals surface area contributed by atoms with Crippen LogP contribution in [0.15, 0.2) is 0 Å². The predicted molar refractivity (Wildman–Crippen MR) is 450 cm³/mol. The number of Topliss-reactive ketones (excluding diaryl/α,β-unsaturated/α-hetero) is 2. The molecule has 18 atom stereocenters. The van der Waals surface area contributed by atoms with E-state index in [9.17, 15) is 93.9 Å². The van der Waals surface area contributed by atoms with Crippen molar-refractivity contribution in [1.29, 1.82) is 0 Å². The predicted octanol–water partition coefficient (Wildman–Crippen LogP) is -2.51. The van der Waals surface area contributed by atoms with E-state index in [1.54, 1.807) is 0 Å². The van der Waals surface area contributed by atoms with E-state index < -0.39 is 183 Å². The van der Waals surface area contributed by atoms with Gasteiger partial charge in [-0.05, 0) is 64.7 Å². The highest BCUT2D eigenvalue weighted by Gasteiger charge is 2.48. The summed E-state index contributed by atoms with van der Waals surface area (Å²) in [4.78, 5) is 130. The van der Waals surface area contributed by atoms with Crippen LogP contribution < -0.4 is 42.5 Å². The molecular formula is C84H152N8O34. The highest BCUT2D eigenvalue weighted by atomic mass is 16.7. The molecule has 0 aromatic heterocycles. The summed E-state index contributed by atoms with van der Waals surface area (Å²) >= 11 is 0. The summed E-state index contributed by atoms with van der Waals surface area (Å²) in [6.45, 7) is 6.33. The van der Waals surface area contributed by atoms with Crippen molar-refractivity contribution in [2.24, 2.45) is 5.92 Å². The number of nitrogens with one attached hydrogen (secondary N) is 8. The lowest BCUT2D eigenvalue weighted by Crippen LogP contribution is -2.64. The van der Waals surface area contributed by atoms with Gasteiger partial charge in [0.15, 0.2) is 30.4 Å². The van der Waals surface area contributed by atoms with Gasteiger partial charge in [-0.25, -0.2) is 0 Å². The number of hydrogen-bond donors (Lipinski definition) is 17. The molecule has 8 amide bonds. The number of amides is 8. The number of carbonyl (C=O) groups excluding carboxylic acids is 10. The molecule has 0 aliphatic carbocycles.